The predicted octanol–water partition coefficient (Wildman–Crippen LogP) is 6.06. The van der Waals surface area contributed by atoms with E-state index < -0.39 is 0 Å². The van der Waals surface area contributed by atoms with Crippen molar-refractivity contribution >= 4 is 23.7 Å². The van der Waals surface area contributed by atoms with Crippen LogP contribution >= 0.6 is 0 Å². The summed E-state index contributed by atoms with van der Waals surface area (Å²) < 4.78 is 5.45. The van der Waals surface area contributed by atoms with Gasteiger partial charge >= 0.3 is 6.03 Å². The Kier molecular flexibility index (Phi) is 12.9. The van der Waals surface area contributed by atoms with Crippen LogP contribution in [0.4, 0.5) is 10.5 Å². The molecule has 3 amide bonds. The maximum Gasteiger partial charge on any atom is 0.321 e. The molecule has 7 nitrogen and oxygen atoms in total. The Bertz CT molecular complexity index is 1050. The summed E-state index contributed by atoms with van der Waals surface area (Å²) >= 11 is 0. The van der Waals surface area contributed by atoms with Gasteiger partial charge < -0.3 is 19.9 Å². The third kappa shape index (κ3) is 10.4. The number of amides is 3. The van der Waals surface area contributed by atoms with E-state index in [9.17, 15) is 9.59 Å². The van der Waals surface area contributed by atoms with Crippen LogP contribution in [0.25, 0.3) is 6.08 Å². The van der Waals surface area contributed by atoms with Gasteiger partial charge in [0.15, 0.2) is 0 Å². The molecule has 0 saturated carbocycles. The van der Waals surface area contributed by atoms with E-state index in [1.54, 1.807) is 7.11 Å². The lowest BCUT2D eigenvalue weighted by molar-refractivity contribution is -0.131. The van der Waals surface area contributed by atoms with Crippen LogP contribution in [-0.2, 0) is 4.79 Å². The highest BCUT2D eigenvalue weighted by molar-refractivity contribution is 5.89. The number of unbranched alkanes of at least 4 members (excludes halogenated alkanes) is 4. The van der Waals surface area contributed by atoms with E-state index in [1.165, 1.54) is 24.8 Å². The second-order valence-corrected chi connectivity index (χ2v) is 10.3. The average Bonchev–Trinajstić information content (AvgIpc) is 2.96. The molecule has 1 aliphatic heterocycles. The lowest BCUT2D eigenvalue weighted by atomic mass is 10.1. The molecule has 1 aliphatic rings. The fraction of sp³-hybridized carbons (Fsp3) is 0.500. The summed E-state index contributed by atoms with van der Waals surface area (Å²) in [6.45, 7) is 9.26. The number of methoxy groups -OCH3 is 1. The van der Waals surface area contributed by atoms with Crippen molar-refractivity contribution in [2.75, 3.05) is 58.2 Å². The largest absolute Gasteiger partial charge is 0.496 e. The molecule has 39 heavy (non-hydrogen) atoms. The molecule has 2 aromatic rings. The predicted molar refractivity (Wildman–Crippen MR) is 160 cm³/mol. The first-order valence-electron chi connectivity index (χ1n) is 14.4. The zero-order valence-electron chi connectivity index (χ0n) is 24.0. The highest BCUT2D eigenvalue weighted by Crippen LogP contribution is 2.19. The summed E-state index contributed by atoms with van der Waals surface area (Å²) in [6.07, 6.45) is 10.4. The van der Waals surface area contributed by atoms with Gasteiger partial charge in [0.1, 0.15) is 5.75 Å². The van der Waals surface area contributed by atoms with E-state index in [1.807, 2.05) is 71.3 Å². The van der Waals surface area contributed by atoms with Gasteiger partial charge in [0, 0.05) is 63.5 Å². The first kappa shape index (κ1) is 30.2. The van der Waals surface area contributed by atoms with Crippen LogP contribution in [0.1, 0.15) is 56.6 Å². The Morgan fingerprint density at radius 3 is 2.41 bits per heavy atom. The monoisotopic (exact) mass is 534 g/mol. The van der Waals surface area contributed by atoms with Crippen molar-refractivity contribution in [1.29, 1.82) is 0 Å². The molecule has 0 aromatic heterocycles. The zero-order valence-corrected chi connectivity index (χ0v) is 24.0. The number of ether oxygens (including phenoxy) is 1. The van der Waals surface area contributed by atoms with E-state index in [0.717, 1.165) is 49.5 Å². The molecule has 0 aliphatic carbocycles. The SMILES string of the molecule is CCCCCCCC(=O)N(C/C=C/c1ccccc1OC)CCN1CCN(C(=O)Nc2ccc(C)cc2)CC1. The van der Waals surface area contributed by atoms with Crippen molar-refractivity contribution < 1.29 is 14.3 Å². The third-order valence-electron chi connectivity index (χ3n) is 7.26. The minimum Gasteiger partial charge on any atom is -0.496 e. The van der Waals surface area contributed by atoms with Crippen LogP contribution in [0.5, 0.6) is 5.75 Å². The van der Waals surface area contributed by atoms with Crippen LogP contribution in [0.2, 0.25) is 0 Å². The van der Waals surface area contributed by atoms with E-state index in [2.05, 4.69) is 23.2 Å². The van der Waals surface area contributed by atoms with Crippen molar-refractivity contribution in [3.05, 3.63) is 65.7 Å². The lowest BCUT2D eigenvalue weighted by Crippen LogP contribution is -2.51. The topological polar surface area (TPSA) is 65.1 Å². The molecule has 0 atom stereocenters. The first-order valence-corrected chi connectivity index (χ1v) is 14.4. The molecule has 0 unspecified atom stereocenters. The van der Waals surface area contributed by atoms with E-state index in [4.69, 9.17) is 4.74 Å². The number of rotatable bonds is 14. The van der Waals surface area contributed by atoms with Gasteiger partial charge in [0.05, 0.1) is 7.11 Å². The molecule has 7 heteroatoms. The zero-order chi connectivity index (χ0) is 27.9. The minimum absolute atomic E-state index is 0.0557. The van der Waals surface area contributed by atoms with E-state index in [-0.39, 0.29) is 11.9 Å². The Hall–Kier alpha value is -3.32. The summed E-state index contributed by atoms with van der Waals surface area (Å²) in [7, 11) is 1.67. The summed E-state index contributed by atoms with van der Waals surface area (Å²) in [5.41, 5.74) is 2.99. The maximum atomic E-state index is 13.1. The number of carbonyl (C=O) groups is 2. The Morgan fingerprint density at radius 2 is 1.69 bits per heavy atom. The van der Waals surface area contributed by atoms with Crippen LogP contribution in [0, 0.1) is 6.92 Å². The van der Waals surface area contributed by atoms with Crippen LogP contribution in [0.15, 0.2) is 54.6 Å². The molecular weight excluding hydrogens is 488 g/mol. The standard InChI is InChI=1S/C32H46N4O3/c1-4-5-6-7-8-15-31(37)35(20-11-13-28-12-9-10-14-30(28)39-3)24-21-34-22-25-36(26-23-34)32(38)33-29-18-16-27(2)17-19-29/h9-14,16-19H,4-8,15,20-26H2,1-3H3,(H,33,38)/b13-11+. The van der Waals surface area contributed by atoms with Gasteiger partial charge in [-0.1, -0.05) is 80.7 Å². The van der Waals surface area contributed by atoms with Gasteiger partial charge in [-0.05, 0) is 31.5 Å². The van der Waals surface area contributed by atoms with E-state index in [0.29, 0.717) is 32.6 Å². The van der Waals surface area contributed by atoms with Gasteiger partial charge in [-0.15, -0.1) is 0 Å². The van der Waals surface area contributed by atoms with Gasteiger partial charge in [0.2, 0.25) is 5.91 Å². The second-order valence-electron chi connectivity index (χ2n) is 10.3. The van der Waals surface area contributed by atoms with Crippen molar-refractivity contribution in [2.45, 2.75) is 52.4 Å². The number of nitrogens with one attached hydrogen (secondary N) is 1. The van der Waals surface area contributed by atoms with Crippen LogP contribution < -0.4 is 10.1 Å². The van der Waals surface area contributed by atoms with Gasteiger partial charge in [0.25, 0.3) is 0 Å². The summed E-state index contributed by atoms with van der Waals surface area (Å²) in [4.78, 5) is 32.0. The van der Waals surface area contributed by atoms with Crippen molar-refractivity contribution in [3.63, 3.8) is 0 Å². The van der Waals surface area contributed by atoms with Crippen LogP contribution in [0.3, 0.4) is 0 Å². The molecular formula is C32H46N4O3. The van der Waals surface area contributed by atoms with Crippen molar-refractivity contribution in [3.8, 4) is 5.75 Å². The van der Waals surface area contributed by atoms with Gasteiger partial charge in [-0.25, -0.2) is 4.79 Å². The fourth-order valence-electron chi connectivity index (χ4n) is 4.74. The summed E-state index contributed by atoms with van der Waals surface area (Å²) in [5, 5.41) is 2.99. The molecule has 1 saturated heterocycles. The number of hydrogen-bond donors (Lipinski definition) is 1. The average molecular weight is 535 g/mol. The number of hydrogen-bond acceptors (Lipinski definition) is 4. The highest BCUT2D eigenvalue weighted by Gasteiger charge is 2.22. The van der Waals surface area contributed by atoms with Crippen molar-refractivity contribution in [2.24, 2.45) is 0 Å². The number of carbonyl (C=O) groups excluding carboxylic acids is 2. The second kappa shape index (κ2) is 16.6. The Balaban J connectivity index is 1.50. The molecule has 212 valence electrons. The van der Waals surface area contributed by atoms with Crippen molar-refractivity contribution in [1.82, 2.24) is 14.7 Å². The fourth-order valence-corrected chi connectivity index (χ4v) is 4.74. The summed E-state index contributed by atoms with van der Waals surface area (Å²) in [5.74, 6) is 1.04. The Labute approximate surface area is 234 Å². The quantitative estimate of drug-likeness (QED) is 0.300. The van der Waals surface area contributed by atoms with Gasteiger partial charge in [-0.3, -0.25) is 9.69 Å². The highest BCUT2D eigenvalue weighted by atomic mass is 16.5. The number of nitrogens with zero attached hydrogens (tertiary/aromatic N) is 3. The number of benzene rings is 2. The van der Waals surface area contributed by atoms with E-state index >= 15 is 0 Å². The molecule has 1 fully saturated rings. The number of para-hydroxylation sites is 1. The maximum absolute atomic E-state index is 13.1. The third-order valence-corrected chi connectivity index (χ3v) is 7.26. The summed E-state index contributed by atoms with van der Waals surface area (Å²) in [6, 6.07) is 15.7. The number of urea groups is 1. The number of piperazine rings is 1. The first-order chi connectivity index (χ1) is 19.0. The van der Waals surface area contributed by atoms with Crippen LogP contribution in [-0.4, -0.2) is 79.6 Å². The number of anilines is 1. The molecule has 0 radical (unpaired) electrons. The van der Waals surface area contributed by atoms with Gasteiger partial charge in [-0.2, -0.15) is 0 Å². The number of aryl methyl sites for hydroxylation is 1. The molecule has 1 heterocycles. The molecule has 2 aromatic carbocycles. The lowest BCUT2D eigenvalue weighted by Gasteiger charge is -2.35. The Morgan fingerprint density at radius 1 is 0.974 bits per heavy atom. The molecule has 0 bridgehead atoms. The molecule has 0 spiro atoms. The smallest absolute Gasteiger partial charge is 0.321 e. The minimum atomic E-state index is -0.0557. The molecule has 1 N–H and O–H groups in total. The molecule has 3 rings (SSSR count). The normalized spacial score (nSPS) is 14.0.